The summed E-state index contributed by atoms with van der Waals surface area (Å²) in [6.07, 6.45) is 0. The van der Waals surface area contributed by atoms with E-state index >= 15 is 0 Å². The predicted molar refractivity (Wildman–Crippen MR) is 109 cm³/mol. The van der Waals surface area contributed by atoms with Crippen LogP contribution in [-0.4, -0.2) is 13.1 Å². The highest BCUT2D eigenvalue weighted by molar-refractivity contribution is 7.55. The number of benzene rings is 2. The van der Waals surface area contributed by atoms with Crippen LogP contribution in [0.3, 0.4) is 0 Å². The van der Waals surface area contributed by atoms with Gasteiger partial charge >= 0.3 is 5.97 Å². The van der Waals surface area contributed by atoms with Crippen molar-refractivity contribution in [3.05, 3.63) is 70.4 Å². The van der Waals surface area contributed by atoms with Crippen molar-refractivity contribution in [2.75, 3.05) is 12.2 Å². The number of anilines is 1. The third-order valence-electron chi connectivity index (χ3n) is 4.11. The van der Waals surface area contributed by atoms with Gasteiger partial charge in [0.05, 0.1) is 12.8 Å². The minimum atomic E-state index is -2.37. The van der Waals surface area contributed by atoms with Crippen molar-refractivity contribution in [2.24, 2.45) is 0 Å². The average molecular weight is 403 g/mol. The molecule has 140 valence electrons. The molecule has 3 rings (SSSR count). The second-order valence-corrected chi connectivity index (χ2v) is 8.62. The van der Waals surface area contributed by atoms with Crippen molar-refractivity contribution in [1.82, 2.24) is 0 Å². The molecule has 0 aliphatic heterocycles. The Morgan fingerprint density at radius 3 is 2.44 bits per heavy atom. The Morgan fingerprint density at radius 2 is 1.81 bits per heavy atom. The van der Waals surface area contributed by atoms with E-state index in [0.717, 1.165) is 26.9 Å². The molecule has 0 fully saturated rings. The molecule has 1 atom stereocenters. The molecule has 0 radical (unpaired) electrons. The van der Waals surface area contributed by atoms with E-state index in [1.165, 1.54) is 30.6 Å². The molecule has 0 amide bonds. The summed E-state index contributed by atoms with van der Waals surface area (Å²) in [5, 5.41) is 3.70. The number of rotatable bonds is 5. The van der Waals surface area contributed by atoms with Gasteiger partial charge in [-0.2, -0.15) is 0 Å². The van der Waals surface area contributed by atoms with Crippen molar-refractivity contribution in [3.8, 4) is 10.4 Å². The van der Waals surface area contributed by atoms with Gasteiger partial charge in [0, 0.05) is 10.2 Å². The molecule has 2 aromatic carbocycles. The van der Waals surface area contributed by atoms with Gasteiger partial charge in [-0.15, -0.1) is 11.3 Å². The lowest BCUT2D eigenvalue weighted by atomic mass is 10.2. The van der Waals surface area contributed by atoms with Crippen LogP contribution in [0.2, 0.25) is 0 Å². The zero-order chi connectivity index (χ0) is 19.6. The number of hydrogen-bond donors (Lipinski definition) is 1. The van der Waals surface area contributed by atoms with E-state index in [1.807, 2.05) is 32.0 Å². The summed E-state index contributed by atoms with van der Waals surface area (Å²) >= 11 is 1.21. The molecule has 1 unspecified atom stereocenters. The summed E-state index contributed by atoms with van der Waals surface area (Å²) < 4.78 is 30.9. The molecule has 0 aliphatic rings. The molecule has 0 spiro atoms. The van der Waals surface area contributed by atoms with Crippen LogP contribution in [0.15, 0.2) is 48.5 Å². The lowest BCUT2D eigenvalue weighted by Gasteiger charge is -2.10. The lowest BCUT2D eigenvalue weighted by Crippen LogP contribution is -2.08. The highest BCUT2D eigenvalue weighted by atomic mass is 32.1. The molecule has 4 nitrogen and oxygen atoms in total. The van der Waals surface area contributed by atoms with Gasteiger partial charge in [-0.25, -0.2) is 9.18 Å². The van der Waals surface area contributed by atoms with E-state index < -0.39 is 13.9 Å². The Balaban J connectivity index is 1.97. The van der Waals surface area contributed by atoms with E-state index in [-0.39, 0.29) is 5.82 Å². The standard InChI is InChI=1S/C20H19FNO3PS/c1-12-4-9-17(13(2)10-12)26(24)22-16-11-18(27-19(16)20(23)25-3)14-5-7-15(21)8-6-14/h4-11,26H,1-3H3,(H,22,24). The van der Waals surface area contributed by atoms with Gasteiger partial charge in [0.25, 0.3) is 0 Å². The first-order valence-corrected chi connectivity index (χ1v) is 10.5. The highest BCUT2D eigenvalue weighted by Gasteiger charge is 2.20. The van der Waals surface area contributed by atoms with Gasteiger partial charge in [-0.1, -0.05) is 29.8 Å². The average Bonchev–Trinajstić information content (AvgIpc) is 3.05. The number of carbonyl (C=O) groups is 1. The number of ether oxygens (including phenoxy) is 1. The summed E-state index contributed by atoms with van der Waals surface area (Å²) in [7, 11) is -1.06. The van der Waals surface area contributed by atoms with E-state index in [0.29, 0.717) is 10.6 Å². The van der Waals surface area contributed by atoms with Gasteiger partial charge in [-0.05, 0) is 49.2 Å². The van der Waals surface area contributed by atoms with Crippen molar-refractivity contribution in [1.29, 1.82) is 0 Å². The molecule has 27 heavy (non-hydrogen) atoms. The maximum atomic E-state index is 13.2. The summed E-state index contributed by atoms with van der Waals surface area (Å²) in [6.45, 7) is 3.88. The zero-order valence-corrected chi connectivity index (χ0v) is 16.9. The first-order valence-electron chi connectivity index (χ1n) is 8.25. The van der Waals surface area contributed by atoms with Crippen molar-refractivity contribution >= 4 is 36.2 Å². The molecular weight excluding hydrogens is 384 g/mol. The third-order valence-corrected chi connectivity index (χ3v) is 6.82. The van der Waals surface area contributed by atoms with Crippen LogP contribution < -0.4 is 10.4 Å². The molecule has 0 saturated carbocycles. The maximum absolute atomic E-state index is 13.2. The molecule has 0 bridgehead atoms. The first kappa shape index (κ1) is 19.3. The Bertz CT molecular complexity index is 1010. The van der Waals surface area contributed by atoms with Gasteiger partial charge in [0.1, 0.15) is 10.7 Å². The molecule has 1 heterocycles. The first-order chi connectivity index (χ1) is 12.9. The quantitative estimate of drug-likeness (QED) is 0.472. The van der Waals surface area contributed by atoms with Gasteiger partial charge in [0.15, 0.2) is 7.95 Å². The number of esters is 1. The SMILES string of the molecule is COC(=O)c1sc(-c2ccc(F)cc2)cc1N[PH](=O)c1ccc(C)cc1C. The van der Waals surface area contributed by atoms with Crippen molar-refractivity contribution < 1.29 is 18.5 Å². The smallest absolute Gasteiger partial charge is 0.350 e. The Kier molecular flexibility index (Phi) is 5.78. The Hall–Kier alpha value is -2.43. The molecule has 1 aromatic heterocycles. The van der Waals surface area contributed by atoms with Crippen LogP contribution in [-0.2, 0) is 9.30 Å². The summed E-state index contributed by atoms with van der Waals surface area (Å²) in [4.78, 5) is 13.3. The molecule has 1 N–H and O–H groups in total. The van der Waals surface area contributed by atoms with Gasteiger partial charge in [0.2, 0.25) is 0 Å². The van der Waals surface area contributed by atoms with E-state index in [1.54, 1.807) is 18.2 Å². The largest absolute Gasteiger partial charge is 0.465 e. The van der Waals surface area contributed by atoms with Crippen LogP contribution in [0.4, 0.5) is 10.1 Å². The number of thiophene rings is 1. The maximum Gasteiger partial charge on any atom is 0.350 e. The number of halogens is 1. The second kappa shape index (κ2) is 8.07. The zero-order valence-electron chi connectivity index (χ0n) is 15.1. The lowest BCUT2D eigenvalue weighted by molar-refractivity contribution is 0.0607. The minimum absolute atomic E-state index is 0.332. The Morgan fingerprint density at radius 1 is 1.11 bits per heavy atom. The second-order valence-electron chi connectivity index (χ2n) is 6.12. The van der Waals surface area contributed by atoms with E-state index in [4.69, 9.17) is 4.74 Å². The van der Waals surface area contributed by atoms with Crippen LogP contribution >= 0.6 is 19.3 Å². The van der Waals surface area contributed by atoms with E-state index in [2.05, 4.69) is 5.09 Å². The number of nitrogens with one attached hydrogen (secondary N) is 1. The molecule has 0 saturated heterocycles. The van der Waals surface area contributed by atoms with Crippen LogP contribution in [0.1, 0.15) is 20.8 Å². The summed E-state index contributed by atoms with van der Waals surface area (Å²) in [5.74, 6) is -0.840. The predicted octanol–water partition coefficient (Wildman–Crippen LogP) is 5.17. The van der Waals surface area contributed by atoms with E-state index in [9.17, 15) is 13.8 Å². The van der Waals surface area contributed by atoms with Crippen LogP contribution in [0, 0.1) is 19.7 Å². The summed E-state index contributed by atoms with van der Waals surface area (Å²) in [5.41, 5.74) is 3.25. The van der Waals surface area contributed by atoms with Crippen molar-refractivity contribution in [3.63, 3.8) is 0 Å². The summed E-state index contributed by atoms with van der Waals surface area (Å²) in [6, 6.07) is 13.5. The fraction of sp³-hybridized carbons (Fsp3) is 0.150. The third kappa shape index (κ3) is 4.29. The molecule has 0 aliphatic carbocycles. The molecule has 7 heteroatoms. The monoisotopic (exact) mass is 403 g/mol. The van der Waals surface area contributed by atoms with Gasteiger partial charge < -0.3 is 9.82 Å². The molecular formula is C20H19FNO3PS. The van der Waals surface area contributed by atoms with Gasteiger partial charge in [-0.3, -0.25) is 4.57 Å². The highest BCUT2D eigenvalue weighted by Crippen LogP contribution is 2.38. The van der Waals surface area contributed by atoms with Crippen LogP contribution in [0.25, 0.3) is 10.4 Å². The number of hydrogen-bond acceptors (Lipinski definition) is 4. The fourth-order valence-corrected chi connectivity index (χ4v) is 5.11. The number of aryl methyl sites for hydroxylation is 2. The normalized spacial score (nSPS) is 11.9. The minimum Gasteiger partial charge on any atom is -0.465 e. The number of methoxy groups -OCH3 is 1. The fourth-order valence-electron chi connectivity index (χ4n) is 2.74. The Labute approximate surface area is 161 Å². The topological polar surface area (TPSA) is 55.4 Å². The van der Waals surface area contributed by atoms with Crippen LogP contribution in [0.5, 0.6) is 0 Å². The number of carbonyl (C=O) groups excluding carboxylic acids is 1. The van der Waals surface area contributed by atoms with Crippen molar-refractivity contribution in [2.45, 2.75) is 13.8 Å². The molecule has 3 aromatic rings.